The molecular weight excluding hydrogens is 222 g/mol. The van der Waals surface area contributed by atoms with Crippen molar-refractivity contribution in [2.45, 2.75) is 19.1 Å². The van der Waals surface area contributed by atoms with Crippen molar-refractivity contribution in [2.24, 2.45) is 0 Å². The van der Waals surface area contributed by atoms with Crippen LogP contribution in [0, 0.1) is 6.92 Å². The smallest absolute Gasteiger partial charge is 0.411 e. The Balaban J connectivity index is 2.37. The quantitative estimate of drug-likeness (QED) is 0.876. The minimum absolute atomic E-state index is 0.323. The van der Waals surface area contributed by atoms with Crippen LogP contribution in [0.15, 0.2) is 24.3 Å². The van der Waals surface area contributed by atoms with E-state index in [0.717, 1.165) is 11.3 Å². The molecule has 0 aliphatic carbocycles. The van der Waals surface area contributed by atoms with Crippen LogP contribution in [0.1, 0.15) is 12.5 Å². The number of aryl methyl sites for hydroxylation is 1. The molecule has 1 aromatic carbocycles. The van der Waals surface area contributed by atoms with Crippen molar-refractivity contribution in [3.8, 4) is 0 Å². The van der Waals surface area contributed by atoms with Crippen LogP contribution in [-0.4, -0.2) is 24.2 Å². The van der Waals surface area contributed by atoms with Gasteiger partial charge in [0.2, 0.25) is 0 Å². The van der Waals surface area contributed by atoms with E-state index in [0.29, 0.717) is 11.9 Å². The highest BCUT2D eigenvalue weighted by atomic mass is 32.2. The summed E-state index contributed by atoms with van der Waals surface area (Å²) in [4.78, 5) is 11.4. The lowest BCUT2D eigenvalue weighted by molar-refractivity contribution is 0.163. The Morgan fingerprint density at radius 1 is 1.44 bits per heavy atom. The molecule has 4 heteroatoms. The number of carbonyl (C=O) groups is 1. The van der Waals surface area contributed by atoms with Crippen molar-refractivity contribution in [2.75, 3.05) is 18.2 Å². The van der Waals surface area contributed by atoms with E-state index in [1.54, 1.807) is 11.8 Å². The van der Waals surface area contributed by atoms with E-state index in [1.807, 2.05) is 44.4 Å². The molecule has 0 aliphatic rings. The van der Waals surface area contributed by atoms with Gasteiger partial charge in [0.25, 0.3) is 0 Å². The molecule has 0 saturated carbocycles. The highest BCUT2D eigenvalue weighted by molar-refractivity contribution is 7.99. The monoisotopic (exact) mass is 239 g/mol. The van der Waals surface area contributed by atoms with E-state index < -0.39 is 6.09 Å². The highest BCUT2D eigenvalue weighted by Gasteiger charge is 2.05. The summed E-state index contributed by atoms with van der Waals surface area (Å²) in [5.41, 5.74) is 1.92. The standard InChI is InChI=1S/C12H17NO2S/c1-9-4-6-11(7-5-9)13-12(14)15-8-10(2)16-3/h4-7,10H,8H2,1-3H3,(H,13,14)/t10-/m0/s1. The molecule has 0 spiro atoms. The molecule has 0 aromatic heterocycles. The lowest BCUT2D eigenvalue weighted by atomic mass is 10.2. The third kappa shape index (κ3) is 4.57. The van der Waals surface area contributed by atoms with Crippen molar-refractivity contribution in [1.82, 2.24) is 0 Å². The summed E-state index contributed by atoms with van der Waals surface area (Å²) < 4.78 is 5.06. The normalized spacial score (nSPS) is 11.9. The Morgan fingerprint density at radius 3 is 2.62 bits per heavy atom. The summed E-state index contributed by atoms with van der Waals surface area (Å²) in [5.74, 6) is 0. The van der Waals surface area contributed by atoms with Gasteiger partial charge in [-0.15, -0.1) is 0 Å². The second kappa shape index (κ2) is 6.43. The predicted molar refractivity (Wildman–Crippen MR) is 69.1 cm³/mol. The largest absolute Gasteiger partial charge is 0.448 e. The minimum atomic E-state index is -0.398. The summed E-state index contributed by atoms with van der Waals surface area (Å²) in [5, 5.41) is 3.00. The van der Waals surface area contributed by atoms with Gasteiger partial charge in [0, 0.05) is 10.9 Å². The van der Waals surface area contributed by atoms with Crippen LogP contribution in [0.25, 0.3) is 0 Å². The van der Waals surface area contributed by atoms with Gasteiger partial charge in [-0.2, -0.15) is 11.8 Å². The Labute approximate surface area is 101 Å². The Morgan fingerprint density at radius 2 is 2.06 bits per heavy atom. The first-order chi connectivity index (χ1) is 7.61. The molecule has 0 fully saturated rings. The number of thioether (sulfide) groups is 1. The van der Waals surface area contributed by atoms with Crippen LogP contribution < -0.4 is 5.32 Å². The van der Waals surface area contributed by atoms with Crippen molar-refractivity contribution in [1.29, 1.82) is 0 Å². The lowest BCUT2D eigenvalue weighted by Crippen LogP contribution is -2.18. The fourth-order valence-electron chi connectivity index (χ4n) is 1.05. The number of ether oxygens (including phenoxy) is 1. The zero-order valence-electron chi connectivity index (χ0n) is 9.82. The molecule has 16 heavy (non-hydrogen) atoms. The van der Waals surface area contributed by atoms with Gasteiger partial charge < -0.3 is 4.74 Å². The Hall–Kier alpha value is -1.16. The molecule has 0 aliphatic heterocycles. The molecule has 1 atom stereocenters. The van der Waals surface area contributed by atoms with Gasteiger partial charge in [-0.1, -0.05) is 24.6 Å². The number of anilines is 1. The van der Waals surface area contributed by atoms with Crippen LogP contribution in [0.4, 0.5) is 10.5 Å². The summed E-state index contributed by atoms with van der Waals surface area (Å²) in [6.45, 7) is 4.45. The van der Waals surface area contributed by atoms with Crippen LogP contribution in [-0.2, 0) is 4.74 Å². The zero-order chi connectivity index (χ0) is 12.0. The van der Waals surface area contributed by atoms with Crippen molar-refractivity contribution in [3.05, 3.63) is 29.8 Å². The Kier molecular flexibility index (Phi) is 5.19. The molecular formula is C12H17NO2S. The van der Waals surface area contributed by atoms with Crippen molar-refractivity contribution < 1.29 is 9.53 Å². The predicted octanol–water partition coefficient (Wildman–Crippen LogP) is 3.30. The molecule has 1 amide bonds. The average Bonchev–Trinajstić information content (AvgIpc) is 2.29. The van der Waals surface area contributed by atoms with Gasteiger partial charge in [-0.3, -0.25) is 5.32 Å². The van der Waals surface area contributed by atoms with Gasteiger partial charge in [0.1, 0.15) is 6.61 Å². The lowest BCUT2D eigenvalue weighted by Gasteiger charge is -2.10. The second-order valence-corrected chi connectivity index (χ2v) is 4.91. The molecule has 1 N–H and O–H groups in total. The van der Waals surface area contributed by atoms with Crippen molar-refractivity contribution in [3.63, 3.8) is 0 Å². The molecule has 0 saturated heterocycles. The Bertz CT molecular complexity index is 337. The first kappa shape index (κ1) is 12.9. The SMILES string of the molecule is CS[C@@H](C)COC(=O)Nc1ccc(C)cc1. The van der Waals surface area contributed by atoms with Gasteiger partial charge >= 0.3 is 6.09 Å². The first-order valence-electron chi connectivity index (χ1n) is 5.15. The number of rotatable bonds is 4. The molecule has 1 rings (SSSR count). The van der Waals surface area contributed by atoms with Gasteiger partial charge in [-0.05, 0) is 25.3 Å². The van der Waals surface area contributed by atoms with E-state index in [4.69, 9.17) is 4.74 Å². The maximum Gasteiger partial charge on any atom is 0.411 e. The number of carbonyl (C=O) groups excluding carboxylic acids is 1. The van der Waals surface area contributed by atoms with Crippen molar-refractivity contribution >= 4 is 23.5 Å². The molecule has 0 radical (unpaired) electrons. The van der Waals surface area contributed by atoms with Crippen LogP contribution in [0.2, 0.25) is 0 Å². The molecule has 0 heterocycles. The minimum Gasteiger partial charge on any atom is -0.448 e. The summed E-state index contributed by atoms with van der Waals surface area (Å²) in [6.07, 6.45) is 1.59. The molecule has 1 aromatic rings. The van der Waals surface area contributed by atoms with Crippen LogP contribution >= 0.6 is 11.8 Å². The molecule has 3 nitrogen and oxygen atoms in total. The molecule has 0 unspecified atom stereocenters. The zero-order valence-corrected chi connectivity index (χ0v) is 10.6. The van der Waals surface area contributed by atoms with Crippen LogP contribution in [0.5, 0.6) is 0 Å². The third-order valence-corrected chi connectivity index (χ3v) is 3.09. The number of nitrogens with one attached hydrogen (secondary N) is 1. The number of amides is 1. The molecule has 0 bridgehead atoms. The number of benzene rings is 1. The topological polar surface area (TPSA) is 38.3 Å². The van der Waals surface area contributed by atoms with Gasteiger partial charge in [0.15, 0.2) is 0 Å². The van der Waals surface area contributed by atoms with Gasteiger partial charge in [0.05, 0.1) is 0 Å². The highest BCUT2D eigenvalue weighted by Crippen LogP contribution is 2.10. The van der Waals surface area contributed by atoms with E-state index in [-0.39, 0.29) is 0 Å². The molecule has 88 valence electrons. The maximum absolute atomic E-state index is 11.4. The fraction of sp³-hybridized carbons (Fsp3) is 0.417. The van der Waals surface area contributed by atoms with E-state index >= 15 is 0 Å². The summed E-state index contributed by atoms with van der Waals surface area (Å²) >= 11 is 1.67. The van der Waals surface area contributed by atoms with Crippen LogP contribution in [0.3, 0.4) is 0 Å². The second-order valence-electron chi connectivity index (χ2n) is 3.64. The summed E-state index contributed by atoms with van der Waals surface area (Å²) in [7, 11) is 0. The first-order valence-corrected chi connectivity index (χ1v) is 6.44. The van der Waals surface area contributed by atoms with E-state index in [9.17, 15) is 4.79 Å². The average molecular weight is 239 g/mol. The summed E-state index contributed by atoms with van der Waals surface area (Å²) in [6, 6.07) is 7.60. The number of hydrogen-bond donors (Lipinski definition) is 1. The number of hydrogen-bond acceptors (Lipinski definition) is 3. The fourth-order valence-corrected chi connectivity index (χ4v) is 1.26. The third-order valence-electron chi connectivity index (χ3n) is 2.15. The van der Waals surface area contributed by atoms with E-state index in [2.05, 4.69) is 5.32 Å². The van der Waals surface area contributed by atoms with Gasteiger partial charge in [-0.25, -0.2) is 4.79 Å². The maximum atomic E-state index is 11.4. The van der Waals surface area contributed by atoms with E-state index in [1.165, 1.54) is 0 Å².